The third-order valence-electron chi connectivity index (χ3n) is 2.85. The van der Waals surface area contributed by atoms with E-state index in [4.69, 9.17) is 4.18 Å². The summed E-state index contributed by atoms with van der Waals surface area (Å²) >= 11 is 0. The molecule has 9 nitrogen and oxygen atoms in total. The Bertz CT molecular complexity index is 876. The third-order valence-corrected chi connectivity index (χ3v) is 4.14. The number of non-ortho nitro benzene ring substituents is 1. The van der Waals surface area contributed by atoms with Gasteiger partial charge in [-0.25, -0.2) is 0 Å². The SMILES string of the molecule is Cc1ccc(OS(=O)(=O)c2ccc([N+](=O)[O-])cc2[N+](=O)[O-])cc1. The zero-order chi connectivity index (χ0) is 17.2. The maximum Gasteiger partial charge on any atom is 0.346 e. The minimum atomic E-state index is -4.51. The summed E-state index contributed by atoms with van der Waals surface area (Å²) in [5.41, 5.74) is -0.645. The average Bonchev–Trinajstić information content (AvgIpc) is 2.48. The highest BCUT2D eigenvalue weighted by Gasteiger charge is 2.30. The topological polar surface area (TPSA) is 130 Å². The molecule has 10 heteroatoms. The van der Waals surface area contributed by atoms with E-state index in [0.29, 0.717) is 6.07 Å². The summed E-state index contributed by atoms with van der Waals surface area (Å²) in [7, 11) is -4.51. The minimum absolute atomic E-state index is 0.0248. The first-order valence-electron chi connectivity index (χ1n) is 6.15. The van der Waals surface area contributed by atoms with Gasteiger partial charge in [0.15, 0.2) is 4.90 Å². The standard InChI is InChI=1S/C13H10N2O7S/c1-9-2-5-11(6-3-9)22-23(20,21)13-7-4-10(14(16)17)8-12(13)15(18)19/h2-8H,1H3. The fraction of sp³-hybridized carbons (Fsp3) is 0.0769. The summed E-state index contributed by atoms with van der Waals surface area (Å²) < 4.78 is 29.2. The molecule has 0 aliphatic rings. The molecule has 0 bridgehead atoms. The molecule has 0 heterocycles. The van der Waals surface area contributed by atoms with Crippen LogP contribution in [0.1, 0.15) is 5.56 Å². The summed E-state index contributed by atoms with van der Waals surface area (Å²) in [6.45, 7) is 1.79. The Morgan fingerprint density at radius 1 is 0.957 bits per heavy atom. The Hall–Kier alpha value is -3.01. The van der Waals surface area contributed by atoms with Crippen molar-refractivity contribution in [2.24, 2.45) is 0 Å². The molecule has 0 aromatic heterocycles. The van der Waals surface area contributed by atoms with Crippen molar-refractivity contribution < 1.29 is 22.4 Å². The van der Waals surface area contributed by atoms with E-state index in [1.807, 2.05) is 0 Å². The van der Waals surface area contributed by atoms with Crippen molar-refractivity contribution in [3.05, 3.63) is 68.3 Å². The van der Waals surface area contributed by atoms with Crippen molar-refractivity contribution in [3.63, 3.8) is 0 Å². The molecule has 120 valence electrons. The molecule has 0 fully saturated rings. The Kier molecular flexibility index (Phi) is 4.27. The molecule has 0 aliphatic heterocycles. The van der Waals surface area contributed by atoms with Crippen molar-refractivity contribution >= 4 is 21.5 Å². The predicted molar refractivity (Wildman–Crippen MR) is 78.7 cm³/mol. The molecule has 0 amide bonds. The number of rotatable bonds is 5. The van der Waals surface area contributed by atoms with Crippen molar-refractivity contribution in [2.45, 2.75) is 11.8 Å². The van der Waals surface area contributed by atoms with Gasteiger partial charge < -0.3 is 4.18 Å². The zero-order valence-corrected chi connectivity index (χ0v) is 12.5. The summed E-state index contributed by atoms with van der Waals surface area (Å²) in [5, 5.41) is 21.7. The van der Waals surface area contributed by atoms with Gasteiger partial charge in [-0.15, -0.1) is 0 Å². The highest BCUT2D eigenvalue weighted by atomic mass is 32.2. The van der Waals surface area contributed by atoms with E-state index in [0.717, 1.165) is 17.7 Å². The number of nitro groups is 2. The minimum Gasteiger partial charge on any atom is -0.379 e. The quantitative estimate of drug-likeness (QED) is 0.465. The molecule has 2 rings (SSSR count). The molecule has 0 unspecified atom stereocenters. The van der Waals surface area contributed by atoms with E-state index >= 15 is 0 Å². The molecule has 0 atom stereocenters. The first kappa shape index (κ1) is 16.4. The normalized spacial score (nSPS) is 11.0. The number of hydrogen-bond donors (Lipinski definition) is 0. The van der Waals surface area contributed by atoms with Crippen molar-refractivity contribution in [3.8, 4) is 5.75 Å². The van der Waals surface area contributed by atoms with Gasteiger partial charge in [0.2, 0.25) is 0 Å². The summed E-state index contributed by atoms with van der Waals surface area (Å²) in [6.07, 6.45) is 0. The van der Waals surface area contributed by atoms with Gasteiger partial charge in [0, 0.05) is 6.07 Å². The molecule has 0 saturated heterocycles. The zero-order valence-electron chi connectivity index (χ0n) is 11.7. The maximum absolute atomic E-state index is 12.2. The monoisotopic (exact) mass is 338 g/mol. The summed E-state index contributed by atoms with van der Waals surface area (Å²) in [6, 6.07) is 8.21. The smallest absolute Gasteiger partial charge is 0.346 e. The molecule has 0 saturated carbocycles. The van der Waals surface area contributed by atoms with E-state index in [9.17, 15) is 28.6 Å². The second kappa shape index (κ2) is 6.01. The third kappa shape index (κ3) is 3.61. The van der Waals surface area contributed by atoms with Crippen LogP contribution in [0.15, 0.2) is 47.4 Å². The number of benzene rings is 2. The van der Waals surface area contributed by atoms with Gasteiger partial charge in [-0.1, -0.05) is 17.7 Å². The molecular weight excluding hydrogens is 328 g/mol. The van der Waals surface area contributed by atoms with Crippen LogP contribution in [-0.4, -0.2) is 18.3 Å². The fourth-order valence-corrected chi connectivity index (χ4v) is 2.82. The molecule has 2 aromatic rings. The molecule has 0 aliphatic carbocycles. The lowest BCUT2D eigenvalue weighted by molar-refractivity contribution is -0.396. The van der Waals surface area contributed by atoms with Crippen LogP contribution in [0.4, 0.5) is 11.4 Å². The van der Waals surface area contributed by atoms with Crippen LogP contribution < -0.4 is 4.18 Å². The lowest BCUT2D eigenvalue weighted by atomic mass is 10.2. The average molecular weight is 338 g/mol. The number of nitrogens with zero attached hydrogens (tertiary/aromatic N) is 2. The van der Waals surface area contributed by atoms with Crippen LogP contribution in [0.25, 0.3) is 0 Å². The second-order valence-electron chi connectivity index (χ2n) is 4.52. The van der Waals surface area contributed by atoms with Crippen molar-refractivity contribution in [1.29, 1.82) is 0 Å². The van der Waals surface area contributed by atoms with Gasteiger partial charge in [-0.05, 0) is 25.1 Å². The Morgan fingerprint density at radius 2 is 1.57 bits per heavy atom. The number of hydrogen-bond acceptors (Lipinski definition) is 7. The number of aryl methyl sites for hydroxylation is 1. The molecule has 2 aromatic carbocycles. The van der Waals surface area contributed by atoms with Crippen LogP contribution in [-0.2, 0) is 10.1 Å². The molecule has 0 spiro atoms. The van der Waals surface area contributed by atoms with Crippen LogP contribution in [0.2, 0.25) is 0 Å². The summed E-state index contributed by atoms with van der Waals surface area (Å²) in [5.74, 6) is -0.0248. The van der Waals surface area contributed by atoms with Crippen molar-refractivity contribution in [1.82, 2.24) is 0 Å². The van der Waals surface area contributed by atoms with Crippen LogP contribution >= 0.6 is 0 Å². The van der Waals surface area contributed by atoms with E-state index < -0.39 is 36.2 Å². The molecule has 0 radical (unpaired) electrons. The second-order valence-corrected chi connectivity index (χ2v) is 6.03. The van der Waals surface area contributed by atoms with Gasteiger partial charge >= 0.3 is 10.1 Å². The van der Waals surface area contributed by atoms with Crippen LogP contribution in [0.3, 0.4) is 0 Å². The van der Waals surface area contributed by atoms with Gasteiger partial charge in [0.1, 0.15) is 5.75 Å². The van der Waals surface area contributed by atoms with Gasteiger partial charge in [-0.3, -0.25) is 20.2 Å². The van der Waals surface area contributed by atoms with Gasteiger partial charge in [0.25, 0.3) is 11.4 Å². The highest BCUT2D eigenvalue weighted by Crippen LogP contribution is 2.30. The predicted octanol–water partition coefficient (Wildman–Crippen LogP) is 2.58. The number of nitro benzene ring substituents is 2. The van der Waals surface area contributed by atoms with Crippen LogP contribution in [0, 0.1) is 27.2 Å². The molecule has 23 heavy (non-hydrogen) atoms. The van der Waals surface area contributed by atoms with E-state index in [2.05, 4.69) is 0 Å². The largest absolute Gasteiger partial charge is 0.379 e. The lowest BCUT2D eigenvalue weighted by Gasteiger charge is -2.07. The van der Waals surface area contributed by atoms with Crippen molar-refractivity contribution in [2.75, 3.05) is 0 Å². The Labute approximate surface area is 130 Å². The van der Waals surface area contributed by atoms with E-state index in [1.165, 1.54) is 12.1 Å². The lowest BCUT2D eigenvalue weighted by Crippen LogP contribution is -2.12. The fourth-order valence-electron chi connectivity index (χ4n) is 1.74. The van der Waals surface area contributed by atoms with Gasteiger partial charge in [0.05, 0.1) is 15.9 Å². The van der Waals surface area contributed by atoms with Crippen LogP contribution in [0.5, 0.6) is 5.75 Å². The molecular formula is C13H10N2O7S. The Balaban J connectivity index is 2.48. The highest BCUT2D eigenvalue weighted by molar-refractivity contribution is 7.87. The molecule has 0 N–H and O–H groups in total. The van der Waals surface area contributed by atoms with E-state index in [-0.39, 0.29) is 5.75 Å². The Morgan fingerprint density at radius 3 is 2.09 bits per heavy atom. The maximum atomic E-state index is 12.2. The first-order valence-corrected chi connectivity index (χ1v) is 7.55. The van der Waals surface area contributed by atoms with E-state index in [1.54, 1.807) is 19.1 Å². The first-order chi connectivity index (χ1) is 10.7. The van der Waals surface area contributed by atoms with Gasteiger partial charge in [-0.2, -0.15) is 8.42 Å². The summed E-state index contributed by atoms with van der Waals surface area (Å²) in [4.78, 5) is 19.0.